The van der Waals surface area contributed by atoms with Crippen LogP contribution in [0.5, 0.6) is 0 Å². The van der Waals surface area contributed by atoms with Crippen molar-refractivity contribution < 1.29 is 14.4 Å². The van der Waals surface area contributed by atoms with Gasteiger partial charge in [0.1, 0.15) is 5.57 Å². The van der Waals surface area contributed by atoms with Crippen LogP contribution in [0.3, 0.4) is 0 Å². The van der Waals surface area contributed by atoms with Gasteiger partial charge >= 0.3 is 6.03 Å². The fraction of sp³-hybridized carbons (Fsp3) is 0. The fourth-order valence-corrected chi connectivity index (χ4v) is 2.73. The van der Waals surface area contributed by atoms with Crippen LogP contribution in [0.15, 0.2) is 76.8 Å². The Morgan fingerprint density at radius 1 is 0.960 bits per heavy atom. The van der Waals surface area contributed by atoms with E-state index >= 15 is 0 Å². The highest BCUT2D eigenvalue weighted by atomic mass is 79.9. The number of rotatable bonds is 3. The van der Waals surface area contributed by atoms with E-state index in [1.165, 1.54) is 6.08 Å². The number of anilines is 1. The Labute approximate surface area is 152 Å². The maximum absolute atomic E-state index is 12.6. The normalized spacial score (nSPS) is 16.6. The number of hydrogen-bond donors (Lipinski definition) is 1. The molecular formula is C19H13BrN2O3. The third-order valence-electron chi connectivity index (χ3n) is 3.52. The van der Waals surface area contributed by atoms with E-state index in [0.717, 1.165) is 14.9 Å². The third-order valence-corrected chi connectivity index (χ3v) is 4.01. The number of barbiturate groups is 1. The van der Waals surface area contributed by atoms with Crippen molar-refractivity contribution in [3.05, 3.63) is 82.4 Å². The Bertz CT molecular complexity index is 904. The summed E-state index contributed by atoms with van der Waals surface area (Å²) in [4.78, 5) is 37.7. The maximum Gasteiger partial charge on any atom is 0.335 e. The van der Waals surface area contributed by atoms with E-state index in [1.807, 2.05) is 30.3 Å². The zero-order chi connectivity index (χ0) is 17.8. The molecule has 0 unspecified atom stereocenters. The maximum atomic E-state index is 12.6. The lowest BCUT2D eigenvalue weighted by molar-refractivity contribution is -0.122. The van der Waals surface area contributed by atoms with Crippen LogP contribution in [0.2, 0.25) is 0 Å². The first-order chi connectivity index (χ1) is 12.1. The molecule has 4 amide bonds. The molecule has 1 N–H and O–H groups in total. The van der Waals surface area contributed by atoms with Crippen LogP contribution >= 0.6 is 15.9 Å². The van der Waals surface area contributed by atoms with Gasteiger partial charge in [-0.2, -0.15) is 0 Å². The molecule has 0 bridgehead atoms. The Morgan fingerprint density at radius 3 is 2.44 bits per heavy atom. The number of carbonyl (C=O) groups is 3. The molecule has 25 heavy (non-hydrogen) atoms. The largest absolute Gasteiger partial charge is 0.335 e. The van der Waals surface area contributed by atoms with Crippen molar-refractivity contribution in [1.29, 1.82) is 0 Å². The lowest BCUT2D eigenvalue weighted by Crippen LogP contribution is -2.54. The van der Waals surface area contributed by atoms with Gasteiger partial charge in [0.25, 0.3) is 11.8 Å². The summed E-state index contributed by atoms with van der Waals surface area (Å²) in [5, 5.41) is 2.19. The first-order valence-corrected chi connectivity index (χ1v) is 8.24. The molecule has 0 atom stereocenters. The molecule has 0 aromatic heterocycles. The predicted octanol–water partition coefficient (Wildman–Crippen LogP) is 3.67. The highest BCUT2D eigenvalue weighted by Crippen LogP contribution is 2.23. The van der Waals surface area contributed by atoms with Crippen LogP contribution in [-0.2, 0) is 9.59 Å². The summed E-state index contributed by atoms with van der Waals surface area (Å²) in [6.45, 7) is 0. The predicted molar refractivity (Wildman–Crippen MR) is 98.7 cm³/mol. The number of carbonyl (C=O) groups excluding carboxylic acids is 3. The van der Waals surface area contributed by atoms with Crippen LogP contribution in [0.25, 0.3) is 6.08 Å². The Morgan fingerprint density at radius 2 is 1.72 bits per heavy atom. The van der Waals surface area contributed by atoms with Gasteiger partial charge in [-0.1, -0.05) is 64.5 Å². The van der Waals surface area contributed by atoms with Gasteiger partial charge in [-0.15, -0.1) is 0 Å². The molecule has 6 heteroatoms. The van der Waals surface area contributed by atoms with E-state index in [0.29, 0.717) is 5.69 Å². The first kappa shape index (κ1) is 16.9. The SMILES string of the molecule is O=C1NC(=O)N(c2cccc(Br)c2)C(=O)C1=CC=Cc1ccccc1. The molecule has 124 valence electrons. The summed E-state index contributed by atoms with van der Waals surface area (Å²) >= 11 is 3.30. The van der Waals surface area contributed by atoms with Crippen LogP contribution in [0, 0.1) is 0 Å². The molecule has 1 saturated heterocycles. The average molecular weight is 397 g/mol. The second-order valence-corrected chi connectivity index (χ2v) is 6.15. The number of allylic oxidation sites excluding steroid dienone is 2. The minimum absolute atomic E-state index is 0.105. The molecule has 1 aliphatic rings. The number of imide groups is 2. The molecule has 0 spiro atoms. The summed E-state index contributed by atoms with van der Waals surface area (Å²) < 4.78 is 0.719. The molecule has 2 aromatic carbocycles. The van der Waals surface area contributed by atoms with Crippen molar-refractivity contribution in [2.45, 2.75) is 0 Å². The molecule has 3 rings (SSSR count). The number of amides is 4. The molecule has 1 aliphatic heterocycles. The third kappa shape index (κ3) is 3.75. The van der Waals surface area contributed by atoms with Crippen LogP contribution in [-0.4, -0.2) is 17.8 Å². The van der Waals surface area contributed by atoms with Crippen molar-refractivity contribution >= 4 is 45.5 Å². The van der Waals surface area contributed by atoms with Crippen molar-refractivity contribution in [2.75, 3.05) is 4.90 Å². The van der Waals surface area contributed by atoms with Gasteiger partial charge in [-0.25, -0.2) is 9.69 Å². The van der Waals surface area contributed by atoms with E-state index in [4.69, 9.17) is 0 Å². The Balaban J connectivity index is 1.90. The molecule has 2 aromatic rings. The van der Waals surface area contributed by atoms with Crippen LogP contribution in [0.4, 0.5) is 10.5 Å². The summed E-state index contributed by atoms with van der Waals surface area (Å²) in [5.74, 6) is -1.37. The first-order valence-electron chi connectivity index (χ1n) is 7.45. The molecule has 5 nitrogen and oxygen atoms in total. The summed E-state index contributed by atoms with van der Waals surface area (Å²) in [5.41, 5.74) is 1.21. The standard InChI is InChI=1S/C19H13BrN2O3/c20-14-9-5-10-15(12-14)22-18(24)16(17(23)21-19(22)25)11-4-8-13-6-2-1-3-7-13/h1-12H,(H,21,23,25). The Kier molecular flexibility index (Phi) is 4.90. The van der Waals surface area contributed by atoms with Crippen molar-refractivity contribution in [3.63, 3.8) is 0 Å². The van der Waals surface area contributed by atoms with Crippen molar-refractivity contribution in [1.82, 2.24) is 5.32 Å². The number of nitrogens with one attached hydrogen (secondary N) is 1. The quantitative estimate of drug-likeness (QED) is 0.635. The number of nitrogens with zero attached hydrogens (tertiary/aromatic N) is 1. The summed E-state index contributed by atoms with van der Waals surface area (Å²) in [6, 6.07) is 15.4. The monoisotopic (exact) mass is 396 g/mol. The minimum Gasteiger partial charge on any atom is -0.273 e. The zero-order valence-electron chi connectivity index (χ0n) is 13.0. The highest BCUT2D eigenvalue weighted by Gasteiger charge is 2.36. The number of hydrogen-bond acceptors (Lipinski definition) is 3. The van der Waals surface area contributed by atoms with Crippen LogP contribution in [0.1, 0.15) is 5.56 Å². The lowest BCUT2D eigenvalue weighted by atomic mass is 10.1. The molecule has 1 fully saturated rings. The Hall–Kier alpha value is -2.99. The number of halogens is 1. The molecule has 0 saturated carbocycles. The lowest BCUT2D eigenvalue weighted by Gasteiger charge is -2.26. The average Bonchev–Trinajstić information content (AvgIpc) is 2.58. The van der Waals surface area contributed by atoms with Gasteiger partial charge in [0.2, 0.25) is 0 Å². The van der Waals surface area contributed by atoms with E-state index < -0.39 is 17.8 Å². The summed E-state index contributed by atoms with van der Waals surface area (Å²) in [6.07, 6.45) is 4.78. The zero-order valence-corrected chi connectivity index (χ0v) is 14.6. The molecule has 1 heterocycles. The van der Waals surface area contributed by atoms with Gasteiger partial charge in [0.05, 0.1) is 5.69 Å². The van der Waals surface area contributed by atoms with E-state index in [9.17, 15) is 14.4 Å². The number of benzene rings is 2. The minimum atomic E-state index is -0.766. The van der Waals surface area contributed by atoms with E-state index in [1.54, 1.807) is 36.4 Å². The van der Waals surface area contributed by atoms with E-state index in [-0.39, 0.29) is 5.57 Å². The smallest absolute Gasteiger partial charge is 0.273 e. The molecule has 0 radical (unpaired) electrons. The van der Waals surface area contributed by atoms with Crippen molar-refractivity contribution in [3.8, 4) is 0 Å². The fourth-order valence-electron chi connectivity index (χ4n) is 2.35. The van der Waals surface area contributed by atoms with Gasteiger partial charge in [-0.05, 0) is 29.8 Å². The van der Waals surface area contributed by atoms with Gasteiger partial charge in [-0.3, -0.25) is 14.9 Å². The topological polar surface area (TPSA) is 66.5 Å². The summed E-state index contributed by atoms with van der Waals surface area (Å²) in [7, 11) is 0. The van der Waals surface area contributed by atoms with Gasteiger partial charge < -0.3 is 0 Å². The van der Waals surface area contributed by atoms with Crippen LogP contribution < -0.4 is 10.2 Å². The van der Waals surface area contributed by atoms with E-state index in [2.05, 4.69) is 21.2 Å². The molecule has 0 aliphatic carbocycles. The number of urea groups is 1. The van der Waals surface area contributed by atoms with Gasteiger partial charge in [0.15, 0.2) is 0 Å². The highest BCUT2D eigenvalue weighted by molar-refractivity contribution is 9.10. The second-order valence-electron chi connectivity index (χ2n) is 5.23. The van der Waals surface area contributed by atoms with Crippen molar-refractivity contribution in [2.24, 2.45) is 0 Å². The molecular weight excluding hydrogens is 384 g/mol. The second kappa shape index (κ2) is 7.27. The van der Waals surface area contributed by atoms with Gasteiger partial charge in [0, 0.05) is 4.47 Å².